The van der Waals surface area contributed by atoms with Gasteiger partial charge < -0.3 is 0 Å². The molecule has 1 heterocycles. The van der Waals surface area contributed by atoms with Crippen molar-refractivity contribution in [1.29, 1.82) is 0 Å². The lowest BCUT2D eigenvalue weighted by atomic mass is 10.1. The van der Waals surface area contributed by atoms with Crippen LogP contribution in [0.25, 0.3) is 11.4 Å². The highest BCUT2D eigenvalue weighted by Gasteiger charge is 2.00. The molecule has 0 aliphatic rings. The van der Waals surface area contributed by atoms with Crippen LogP contribution in [0.2, 0.25) is 0 Å². The van der Waals surface area contributed by atoms with Gasteiger partial charge in [0.25, 0.3) is 0 Å². The average Bonchev–Trinajstić information content (AvgIpc) is 2.30. The topological polar surface area (TPSA) is 25.8 Å². The molecule has 1 aromatic heterocycles. The Hall–Kier alpha value is -1.70. The third-order valence-electron chi connectivity index (χ3n) is 2.37. The predicted molar refractivity (Wildman–Crippen MR) is 61.6 cm³/mol. The van der Waals surface area contributed by atoms with E-state index in [1.807, 2.05) is 25.4 Å². The normalized spacial score (nSPS) is 10.3. The van der Waals surface area contributed by atoms with Crippen LogP contribution in [-0.4, -0.2) is 9.97 Å². The molecule has 0 bridgehead atoms. The summed E-state index contributed by atoms with van der Waals surface area (Å²) in [4.78, 5) is 8.63. The molecule has 0 N–H and O–H groups in total. The van der Waals surface area contributed by atoms with E-state index in [9.17, 15) is 0 Å². The van der Waals surface area contributed by atoms with E-state index in [4.69, 9.17) is 0 Å². The molecule has 0 spiro atoms. The molecular formula is C13H14N2. The van der Waals surface area contributed by atoms with Gasteiger partial charge in [0.2, 0.25) is 0 Å². The molecular weight excluding hydrogens is 184 g/mol. The molecule has 0 amide bonds. The Morgan fingerprint density at radius 2 is 1.87 bits per heavy atom. The first-order valence-electron chi connectivity index (χ1n) is 5.17. The van der Waals surface area contributed by atoms with Crippen molar-refractivity contribution in [2.75, 3.05) is 0 Å². The van der Waals surface area contributed by atoms with Crippen molar-refractivity contribution in [2.45, 2.75) is 20.3 Å². The lowest BCUT2D eigenvalue weighted by Gasteiger charge is -2.02. The minimum absolute atomic E-state index is 0.802. The number of hydrogen-bond donors (Lipinski definition) is 0. The maximum absolute atomic E-state index is 4.31. The van der Waals surface area contributed by atoms with E-state index in [1.165, 1.54) is 5.56 Å². The number of aryl methyl sites for hydroxylation is 2. The van der Waals surface area contributed by atoms with Gasteiger partial charge in [0.05, 0.1) is 0 Å². The molecule has 0 aliphatic heterocycles. The van der Waals surface area contributed by atoms with Crippen molar-refractivity contribution in [1.82, 2.24) is 9.97 Å². The summed E-state index contributed by atoms with van der Waals surface area (Å²) in [5, 5.41) is 0. The molecule has 2 rings (SSSR count). The molecule has 0 atom stereocenters. The van der Waals surface area contributed by atoms with Crippen molar-refractivity contribution < 1.29 is 0 Å². The summed E-state index contributed by atoms with van der Waals surface area (Å²) in [6, 6.07) is 8.36. The number of aromatic nitrogens is 2. The first-order valence-corrected chi connectivity index (χ1v) is 5.17. The molecule has 2 nitrogen and oxygen atoms in total. The molecule has 15 heavy (non-hydrogen) atoms. The molecule has 1 aromatic carbocycles. The molecule has 0 fully saturated rings. The van der Waals surface area contributed by atoms with Gasteiger partial charge in [0.15, 0.2) is 5.82 Å². The van der Waals surface area contributed by atoms with Crippen LogP contribution in [-0.2, 0) is 6.42 Å². The zero-order chi connectivity index (χ0) is 10.7. The smallest absolute Gasteiger partial charge is 0.159 e. The second kappa shape index (κ2) is 4.22. The van der Waals surface area contributed by atoms with Gasteiger partial charge in [-0.3, -0.25) is 0 Å². The third-order valence-corrected chi connectivity index (χ3v) is 2.37. The first-order chi connectivity index (χ1) is 7.29. The predicted octanol–water partition coefficient (Wildman–Crippen LogP) is 3.01. The van der Waals surface area contributed by atoms with E-state index < -0.39 is 0 Å². The quantitative estimate of drug-likeness (QED) is 0.741. The molecule has 0 saturated heterocycles. The SMILES string of the molecule is CCc1cccc(-c2ncc(C)cn2)c1. The Morgan fingerprint density at radius 3 is 2.53 bits per heavy atom. The minimum Gasteiger partial charge on any atom is -0.236 e. The fourth-order valence-corrected chi connectivity index (χ4v) is 1.47. The number of benzene rings is 1. The summed E-state index contributed by atoms with van der Waals surface area (Å²) >= 11 is 0. The zero-order valence-corrected chi connectivity index (χ0v) is 9.07. The van der Waals surface area contributed by atoms with Gasteiger partial charge in [-0.05, 0) is 30.5 Å². The summed E-state index contributed by atoms with van der Waals surface area (Å²) in [6.45, 7) is 4.14. The van der Waals surface area contributed by atoms with Crippen LogP contribution in [0.4, 0.5) is 0 Å². The zero-order valence-electron chi connectivity index (χ0n) is 9.07. The van der Waals surface area contributed by atoms with E-state index in [0.29, 0.717) is 0 Å². The van der Waals surface area contributed by atoms with Crippen LogP contribution in [0.1, 0.15) is 18.1 Å². The molecule has 0 saturated carbocycles. The van der Waals surface area contributed by atoms with E-state index >= 15 is 0 Å². The van der Waals surface area contributed by atoms with Gasteiger partial charge in [0, 0.05) is 18.0 Å². The minimum atomic E-state index is 0.802. The van der Waals surface area contributed by atoms with Crippen molar-refractivity contribution in [3.63, 3.8) is 0 Å². The molecule has 0 radical (unpaired) electrons. The number of hydrogen-bond acceptors (Lipinski definition) is 2. The van der Waals surface area contributed by atoms with Crippen molar-refractivity contribution in [2.24, 2.45) is 0 Å². The third kappa shape index (κ3) is 2.21. The Balaban J connectivity index is 2.40. The lowest BCUT2D eigenvalue weighted by molar-refractivity contribution is 1.12. The Labute approximate surface area is 90.0 Å². The Kier molecular flexibility index (Phi) is 2.77. The highest BCUT2D eigenvalue weighted by Crippen LogP contribution is 2.16. The summed E-state index contributed by atoms with van der Waals surface area (Å²) < 4.78 is 0. The van der Waals surface area contributed by atoms with Crippen LogP contribution in [0.5, 0.6) is 0 Å². The van der Waals surface area contributed by atoms with Crippen LogP contribution in [0.3, 0.4) is 0 Å². The van der Waals surface area contributed by atoms with Crippen LogP contribution in [0, 0.1) is 6.92 Å². The largest absolute Gasteiger partial charge is 0.236 e. The molecule has 2 aromatic rings. The summed E-state index contributed by atoms with van der Waals surface area (Å²) in [5.41, 5.74) is 3.50. The van der Waals surface area contributed by atoms with Crippen molar-refractivity contribution in [3.8, 4) is 11.4 Å². The maximum Gasteiger partial charge on any atom is 0.159 e. The second-order valence-corrected chi connectivity index (χ2v) is 3.64. The van der Waals surface area contributed by atoms with Gasteiger partial charge in [-0.2, -0.15) is 0 Å². The lowest BCUT2D eigenvalue weighted by Crippen LogP contribution is -1.90. The van der Waals surface area contributed by atoms with Crippen molar-refractivity contribution in [3.05, 3.63) is 47.8 Å². The summed E-state index contributed by atoms with van der Waals surface area (Å²) in [6.07, 6.45) is 4.74. The number of nitrogens with zero attached hydrogens (tertiary/aromatic N) is 2. The standard InChI is InChI=1S/C13H14N2/c1-3-11-5-4-6-12(7-11)13-14-8-10(2)9-15-13/h4-9H,3H2,1-2H3. The molecule has 0 unspecified atom stereocenters. The first kappa shape index (κ1) is 9.84. The summed E-state index contributed by atoms with van der Waals surface area (Å²) in [5.74, 6) is 0.802. The van der Waals surface area contributed by atoms with Gasteiger partial charge >= 0.3 is 0 Å². The van der Waals surface area contributed by atoms with Gasteiger partial charge in [0.1, 0.15) is 0 Å². The highest BCUT2D eigenvalue weighted by atomic mass is 14.9. The second-order valence-electron chi connectivity index (χ2n) is 3.64. The number of rotatable bonds is 2. The Bertz CT molecular complexity index is 446. The summed E-state index contributed by atoms with van der Waals surface area (Å²) in [7, 11) is 0. The van der Waals surface area contributed by atoms with E-state index in [2.05, 4.69) is 35.1 Å². The molecule has 2 heteroatoms. The fourth-order valence-electron chi connectivity index (χ4n) is 1.47. The van der Waals surface area contributed by atoms with Crippen LogP contribution >= 0.6 is 0 Å². The molecule has 76 valence electrons. The molecule has 0 aliphatic carbocycles. The maximum atomic E-state index is 4.31. The van der Waals surface area contributed by atoms with Gasteiger partial charge in [-0.1, -0.05) is 25.1 Å². The van der Waals surface area contributed by atoms with Gasteiger partial charge in [-0.15, -0.1) is 0 Å². The van der Waals surface area contributed by atoms with Crippen molar-refractivity contribution >= 4 is 0 Å². The van der Waals surface area contributed by atoms with Crippen LogP contribution in [0.15, 0.2) is 36.7 Å². The van der Waals surface area contributed by atoms with Crippen LogP contribution < -0.4 is 0 Å². The van der Waals surface area contributed by atoms with E-state index in [1.54, 1.807) is 0 Å². The monoisotopic (exact) mass is 198 g/mol. The fraction of sp³-hybridized carbons (Fsp3) is 0.231. The Morgan fingerprint density at radius 1 is 1.13 bits per heavy atom. The van der Waals surface area contributed by atoms with Gasteiger partial charge in [-0.25, -0.2) is 9.97 Å². The highest BCUT2D eigenvalue weighted by molar-refractivity contribution is 5.55. The van der Waals surface area contributed by atoms with E-state index in [0.717, 1.165) is 23.4 Å². The van der Waals surface area contributed by atoms with E-state index in [-0.39, 0.29) is 0 Å². The average molecular weight is 198 g/mol.